The molecule has 1 unspecified atom stereocenters. The zero-order chi connectivity index (χ0) is 18.0. The lowest BCUT2D eigenvalue weighted by atomic mass is 10.0. The van der Waals surface area contributed by atoms with Gasteiger partial charge in [0.2, 0.25) is 0 Å². The zero-order valence-corrected chi connectivity index (χ0v) is 16.5. The first-order valence-corrected chi connectivity index (χ1v) is 10.2. The normalized spacial score (nSPS) is 28.6. The highest BCUT2D eigenvalue weighted by Crippen LogP contribution is 2.38. The molecular weight excluding hydrogens is 302 g/mol. The molecule has 0 aromatic heterocycles. The fraction of sp³-hybridized carbons (Fsp3) is 1.00. The molecule has 0 saturated heterocycles. The van der Waals surface area contributed by atoms with E-state index < -0.39 is 17.9 Å². The summed E-state index contributed by atoms with van der Waals surface area (Å²) in [5.41, 5.74) is -0.712. The molecule has 0 aromatic rings. The second kappa shape index (κ2) is 11.5. The minimum absolute atomic E-state index is 0.344. The summed E-state index contributed by atoms with van der Waals surface area (Å²) in [6.45, 7) is 7.31. The molecule has 4 nitrogen and oxygen atoms in total. The monoisotopic (exact) mass is 343 g/mol. The second-order valence-electron chi connectivity index (χ2n) is 7.67. The van der Waals surface area contributed by atoms with Gasteiger partial charge in [-0.2, -0.15) is 0 Å². The van der Waals surface area contributed by atoms with Crippen LogP contribution in [0, 0.1) is 0 Å². The molecular formula is C20H41NO3. The first-order valence-electron chi connectivity index (χ1n) is 10.2. The molecule has 2 N–H and O–H groups in total. The van der Waals surface area contributed by atoms with Crippen molar-refractivity contribution in [3.05, 3.63) is 0 Å². The summed E-state index contributed by atoms with van der Waals surface area (Å²) in [5, 5.41) is 20.7. The Bertz CT molecular complexity index is 326. The van der Waals surface area contributed by atoms with Crippen LogP contribution in [0.3, 0.4) is 0 Å². The number of unbranched alkanes of at least 4 members (excludes halogenated alkanes) is 6. The first-order chi connectivity index (χ1) is 11.5. The lowest BCUT2D eigenvalue weighted by Gasteiger charge is -2.44. The Morgan fingerprint density at radius 1 is 1.04 bits per heavy atom. The maximum Gasteiger partial charge on any atom is 0.150 e. The van der Waals surface area contributed by atoms with Gasteiger partial charge in [0.25, 0.3) is 0 Å². The van der Waals surface area contributed by atoms with E-state index in [4.69, 9.17) is 4.74 Å². The fourth-order valence-corrected chi connectivity index (χ4v) is 3.85. The molecule has 0 amide bonds. The fourth-order valence-electron chi connectivity index (χ4n) is 3.85. The Morgan fingerprint density at radius 2 is 1.67 bits per heavy atom. The van der Waals surface area contributed by atoms with Crippen molar-refractivity contribution in [1.29, 1.82) is 0 Å². The Hall–Kier alpha value is -0.160. The van der Waals surface area contributed by atoms with Gasteiger partial charge in [-0.3, -0.25) is 4.90 Å². The van der Waals surface area contributed by atoms with Crippen LogP contribution in [0.2, 0.25) is 0 Å². The number of aliphatic hydroxyl groups excluding tert-OH is 2. The highest BCUT2D eigenvalue weighted by atomic mass is 16.5. The van der Waals surface area contributed by atoms with Gasteiger partial charge in [-0.1, -0.05) is 58.8 Å². The summed E-state index contributed by atoms with van der Waals surface area (Å²) in [6.07, 6.45) is 10.6. The lowest BCUT2D eigenvalue weighted by molar-refractivity contribution is -0.205. The van der Waals surface area contributed by atoms with E-state index in [0.717, 1.165) is 12.8 Å². The van der Waals surface area contributed by atoms with Crippen LogP contribution < -0.4 is 0 Å². The van der Waals surface area contributed by atoms with Crippen molar-refractivity contribution < 1.29 is 14.9 Å². The van der Waals surface area contributed by atoms with Gasteiger partial charge >= 0.3 is 0 Å². The minimum atomic E-state index is -0.712. The van der Waals surface area contributed by atoms with Crippen LogP contribution in [0.5, 0.6) is 0 Å². The van der Waals surface area contributed by atoms with Crippen LogP contribution in [-0.2, 0) is 4.74 Å². The van der Waals surface area contributed by atoms with Gasteiger partial charge in [-0.25, -0.2) is 0 Å². The molecule has 0 spiro atoms. The average Bonchev–Trinajstić information content (AvgIpc) is 2.85. The van der Waals surface area contributed by atoms with E-state index in [-0.39, 0.29) is 0 Å². The van der Waals surface area contributed by atoms with Crippen LogP contribution in [0.15, 0.2) is 0 Å². The number of aliphatic hydroxyl groups is 2. The summed E-state index contributed by atoms with van der Waals surface area (Å²) < 4.78 is 6.26. The van der Waals surface area contributed by atoms with Crippen molar-refractivity contribution >= 4 is 0 Å². The highest BCUT2D eigenvalue weighted by Gasteiger charge is 2.51. The van der Waals surface area contributed by atoms with Crippen LogP contribution in [-0.4, -0.2) is 52.7 Å². The molecule has 0 aliphatic heterocycles. The molecule has 0 heterocycles. The summed E-state index contributed by atoms with van der Waals surface area (Å²) >= 11 is 0. The molecule has 1 aliphatic rings. The van der Waals surface area contributed by atoms with Gasteiger partial charge in [-0.05, 0) is 26.8 Å². The number of likely N-dealkylation sites (N-methyl/N-ethyl adjacent to an activating group) is 1. The van der Waals surface area contributed by atoms with E-state index >= 15 is 0 Å². The maximum absolute atomic E-state index is 10.6. The molecule has 0 bridgehead atoms. The molecule has 0 radical (unpaired) electrons. The van der Waals surface area contributed by atoms with Crippen LogP contribution in [0.1, 0.15) is 91.4 Å². The van der Waals surface area contributed by atoms with Gasteiger partial charge < -0.3 is 14.9 Å². The second-order valence-corrected chi connectivity index (χ2v) is 7.67. The van der Waals surface area contributed by atoms with E-state index in [9.17, 15) is 10.2 Å². The van der Waals surface area contributed by atoms with Crippen LogP contribution in [0.25, 0.3) is 0 Å². The smallest absolute Gasteiger partial charge is 0.150 e. The predicted molar refractivity (Wildman–Crippen MR) is 100 cm³/mol. The van der Waals surface area contributed by atoms with E-state index in [1.807, 2.05) is 0 Å². The van der Waals surface area contributed by atoms with Gasteiger partial charge in [0, 0.05) is 25.5 Å². The molecule has 24 heavy (non-hydrogen) atoms. The topological polar surface area (TPSA) is 52.9 Å². The molecule has 4 atom stereocenters. The maximum atomic E-state index is 10.6. The van der Waals surface area contributed by atoms with Gasteiger partial charge in [0.05, 0.1) is 12.2 Å². The third kappa shape index (κ3) is 6.29. The zero-order valence-electron chi connectivity index (χ0n) is 16.5. The van der Waals surface area contributed by atoms with Crippen molar-refractivity contribution in [3.8, 4) is 0 Å². The quantitative estimate of drug-likeness (QED) is 0.391. The largest absolute Gasteiger partial charge is 0.393 e. The standard InChI is InChI=1S/C20H41NO3/c1-5-7-9-10-12-14-24-20(16-18(22)15-19(20)23)21(4)17(3)13-11-8-6-2/h17-19,22-23H,5-16H2,1-4H3/t17?,18-,19+,20-/m0/s1. The molecule has 4 heteroatoms. The van der Waals surface area contributed by atoms with Crippen molar-refractivity contribution in [2.75, 3.05) is 13.7 Å². The Labute approximate surface area is 149 Å². The van der Waals surface area contributed by atoms with E-state index in [1.54, 1.807) is 0 Å². The molecule has 0 aromatic carbocycles. The third-order valence-corrected chi connectivity index (χ3v) is 5.63. The van der Waals surface area contributed by atoms with Gasteiger partial charge in [0.15, 0.2) is 0 Å². The molecule has 1 aliphatic carbocycles. The number of hydrogen-bond acceptors (Lipinski definition) is 4. The van der Waals surface area contributed by atoms with Gasteiger partial charge in [-0.15, -0.1) is 0 Å². The van der Waals surface area contributed by atoms with Crippen molar-refractivity contribution in [3.63, 3.8) is 0 Å². The Kier molecular flexibility index (Phi) is 10.4. The molecule has 1 fully saturated rings. The van der Waals surface area contributed by atoms with E-state index in [2.05, 4.69) is 32.7 Å². The van der Waals surface area contributed by atoms with E-state index in [1.165, 1.54) is 44.9 Å². The molecule has 1 saturated carbocycles. The predicted octanol–water partition coefficient (Wildman–Crippen LogP) is 4.09. The number of hydrogen-bond donors (Lipinski definition) is 2. The summed E-state index contributed by atoms with van der Waals surface area (Å²) in [4.78, 5) is 2.19. The summed E-state index contributed by atoms with van der Waals surface area (Å²) in [5.74, 6) is 0. The minimum Gasteiger partial charge on any atom is -0.393 e. The summed E-state index contributed by atoms with van der Waals surface area (Å²) in [7, 11) is 2.05. The van der Waals surface area contributed by atoms with E-state index in [0.29, 0.717) is 25.5 Å². The molecule has 144 valence electrons. The van der Waals surface area contributed by atoms with Crippen molar-refractivity contribution in [2.24, 2.45) is 0 Å². The third-order valence-electron chi connectivity index (χ3n) is 5.63. The van der Waals surface area contributed by atoms with Crippen molar-refractivity contribution in [2.45, 2.75) is 115 Å². The molecule has 1 rings (SSSR count). The van der Waals surface area contributed by atoms with Crippen molar-refractivity contribution in [1.82, 2.24) is 4.90 Å². The van der Waals surface area contributed by atoms with Gasteiger partial charge in [0.1, 0.15) is 5.72 Å². The van der Waals surface area contributed by atoms with Crippen LogP contribution >= 0.6 is 0 Å². The number of nitrogens with zero attached hydrogens (tertiary/aromatic N) is 1. The Balaban J connectivity index is 2.59. The first kappa shape index (κ1) is 21.9. The number of ether oxygens (including phenoxy) is 1. The Morgan fingerprint density at radius 3 is 2.25 bits per heavy atom. The average molecular weight is 344 g/mol. The van der Waals surface area contributed by atoms with Crippen LogP contribution in [0.4, 0.5) is 0 Å². The summed E-state index contributed by atoms with van der Waals surface area (Å²) in [6, 6.07) is 0.344. The SMILES string of the molecule is CCCCCCCO[C@@]1(N(C)C(C)CCCCC)C[C@@H](O)C[C@H]1O. The number of rotatable bonds is 13. The lowest BCUT2D eigenvalue weighted by Crippen LogP contribution is -2.57. The highest BCUT2D eigenvalue weighted by molar-refractivity contribution is 4.98.